The molecule has 0 amide bonds. The Morgan fingerprint density at radius 1 is 1.16 bits per heavy atom. The number of hydroxylamine groups is 1. The second-order valence-corrected chi connectivity index (χ2v) is 11.1. The van der Waals surface area contributed by atoms with E-state index < -0.39 is 8.32 Å². The molecule has 2 aromatic rings. The molecule has 0 N–H and O–H groups in total. The average molecular weight is 359 g/mol. The van der Waals surface area contributed by atoms with Crippen LogP contribution in [-0.4, -0.2) is 25.9 Å². The van der Waals surface area contributed by atoms with Gasteiger partial charge in [0.2, 0.25) is 8.32 Å². The van der Waals surface area contributed by atoms with Crippen molar-refractivity contribution in [3.8, 4) is 0 Å². The fraction of sp³-hybridized carbons (Fsp3) is 0.368. The quantitative estimate of drug-likeness (QED) is 0.399. The van der Waals surface area contributed by atoms with Crippen LogP contribution in [0.2, 0.25) is 19.6 Å². The summed E-state index contributed by atoms with van der Waals surface area (Å²) in [7, 11) is -1.91. The van der Waals surface area contributed by atoms with Gasteiger partial charge in [-0.15, -0.1) is 0 Å². The Bertz CT molecular complexity index is 659. The van der Waals surface area contributed by atoms with Crippen LogP contribution in [0.4, 0.5) is 5.69 Å². The van der Waals surface area contributed by atoms with Crippen molar-refractivity contribution in [2.75, 3.05) is 11.7 Å². The van der Waals surface area contributed by atoms with Crippen LogP contribution >= 0.6 is 0 Å². The van der Waals surface area contributed by atoms with Crippen LogP contribution < -0.4 is 5.06 Å². The number of anilines is 1. The first-order valence-corrected chi connectivity index (χ1v) is 11.9. The standard InChI is InChI=1S/C19H26N2O3Si/c1-5-23-19(22)14-18(16-10-9-13-20-15-16)21(24-25(2,3)4)17-11-7-6-8-12-17/h6-13,15,18H,5,14H2,1-4H3. The monoisotopic (exact) mass is 358 g/mol. The number of carbonyl (C=O) groups is 1. The molecule has 0 bridgehead atoms. The SMILES string of the molecule is CCOC(=O)CC(c1cccnc1)N(O[Si](C)(C)C)c1ccccc1. The molecular weight excluding hydrogens is 332 g/mol. The maximum atomic E-state index is 12.2. The van der Waals surface area contributed by atoms with Gasteiger partial charge in [0, 0.05) is 12.4 Å². The van der Waals surface area contributed by atoms with Crippen molar-refractivity contribution in [3.05, 3.63) is 60.4 Å². The number of benzene rings is 1. The zero-order chi connectivity index (χ0) is 18.3. The third kappa shape index (κ3) is 5.99. The van der Waals surface area contributed by atoms with Gasteiger partial charge in [-0.25, -0.2) is 0 Å². The predicted octanol–water partition coefficient (Wildman–Crippen LogP) is 4.35. The van der Waals surface area contributed by atoms with Crippen LogP contribution in [0.25, 0.3) is 0 Å². The maximum Gasteiger partial charge on any atom is 0.308 e. The summed E-state index contributed by atoms with van der Waals surface area (Å²) in [6, 6.07) is 13.4. The third-order valence-electron chi connectivity index (χ3n) is 3.40. The molecule has 1 atom stereocenters. The third-order valence-corrected chi connectivity index (χ3v) is 4.14. The molecule has 2 rings (SSSR count). The van der Waals surface area contributed by atoms with Gasteiger partial charge in [-0.3, -0.25) is 14.8 Å². The second-order valence-electron chi connectivity index (χ2n) is 6.68. The molecule has 0 saturated carbocycles. The van der Waals surface area contributed by atoms with E-state index in [0.717, 1.165) is 11.3 Å². The van der Waals surface area contributed by atoms with Crippen LogP contribution in [0.3, 0.4) is 0 Å². The number of esters is 1. The molecule has 25 heavy (non-hydrogen) atoms. The molecular formula is C19H26N2O3Si. The Morgan fingerprint density at radius 2 is 1.88 bits per heavy atom. The molecule has 1 unspecified atom stereocenters. The summed E-state index contributed by atoms with van der Waals surface area (Å²) in [6.07, 6.45) is 3.68. The summed E-state index contributed by atoms with van der Waals surface area (Å²) in [4.78, 5) is 16.4. The lowest BCUT2D eigenvalue weighted by atomic mass is 10.0. The van der Waals surface area contributed by atoms with E-state index >= 15 is 0 Å². The van der Waals surface area contributed by atoms with Crippen molar-refractivity contribution in [2.45, 2.75) is 39.0 Å². The van der Waals surface area contributed by atoms with E-state index in [-0.39, 0.29) is 18.4 Å². The minimum atomic E-state index is -1.91. The van der Waals surface area contributed by atoms with Gasteiger partial charge in [0.1, 0.15) is 0 Å². The first kappa shape index (κ1) is 19.1. The van der Waals surface area contributed by atoms with Gasteiger partial charge in [0.05, 0.1) is 24.8 Å². The minimum Gasteiger partial charge on any atom is -0.466 e. The van der Waals surface area contributed by atoms with Gasteiger partial charge in [-0.1, -0.05) is 24.3 Å². The largest absolute Gasteiger partial charge is 0.466 e. The Kier molecular flexibility index (Phi) is 6.72. The van der Waals surface area contributed by atoms with E-state index in [1.807, 2.05) is 54.5 Å². The molecule has 1 heterocycles. The van der Waals surface area contributed by atoms with Crippen LogP contribution in [0, 0.1) is 0 Å². The first-order valence-electron chi connectivity index (χ1n) is 8.49. The van der Waals surface area contributed by atoms with Crippen molar-refractivity contribution in [1.82, 2.24) is 4.98 Å². The lowest BCUT2D eigenvalue weighted by Crippen LogP contribution is -2.40. The van der Waals surface area contributed by atoms with Gasteiger partial charge in [0.25, 0.3) is 0 Å². The highest BCUT2D eigenvalue weighted by molar-refractivity contribution is 6.69. The van der Waals surface area contributed by atoms with E-state index in [9.17, 15) is 4.79 Å². The lowest BCUT2D eigenvalue weighted by molar-refractivity contribution is -0.143. The molecule has 0 spiro atoms. The normalized spacial score (nSPS) is 12.5. The summed E-state index contributed by atoms with van der Waals surface area (Å²) in [5.74, 6) is -0.253. The summed E-state index contributed by atoms with van der Waals surface area (Å²) in [5.41, 5.74) is 1.82. The van der Waals surface area contributed by atoms with Crippen molar-refractivity contribution in [2.24, 2.45) is 0 Å². The number of ether oxygens (including phenoxy) is 1. The second kappa shape index (κ2) is 8.78. The van der Waals surface area contributed by atoms with E-state index in [4.69, 9.17) is 9.26 Å². The van der Waals surface area contributed by atoms with Crippen molar-refractivity contribution < 1.29 is 14.1 Å². The van der Waals surface area contributed by atoms with Crippen LogP contribution in [0.5, 0.6) is 0 Å². The van der Waals surface area contributed by atoms with Gasteiger partial charge < -0.3 is 9.26 Å². The minimum absolute atomic E-state index is 0.193. The summed E-state index contributed by atoms with van der Waals surface area (Å²) in [5, 5.41) is 1.85. The van der Waals surface area contributed by atoms with Crippen LogP contribution in [0.1, 0.15) is 24.9 Å². The molecule has 0 aliphatic rings. The van der Waals surface area contributed by atoms with Crippen LogP contribution in [-0.2, 0) is 14.1 Å². The Balaban J connectivity index is 2.42. The van der Waals surface area contributed by atoms with Gasteiger partial charge in [0.15, 0.2) is 0 Å². The highest BCUT2D eigenvalue weighted by atomic mass is 28.4. The first-order chi connectivity index (χ1) is 11.9. The topological polar surface area (TPSA) is 51.7 Å². The molecule has 0 aliphatic heterocycles. The lowest BCUT2D eigenvalue weighted by Gasteiger charge is -2.37. The number of pyridine rings is 1. The number of nitrogens with zero attached hydrogens (tertiary/aromatic N) is 2. The summed E-state index contributed by atoms with van der Waals surface area (Å²) >= 11 is 0. The zero-order valence-electron chi connectivity index (χ0n) is 15.3. The van der Waals surface area contributed by atoms with E-state index in [1.54, 1.807) is 12.4 Å². The molecule has 6 heteroatoms. The van der Waals surface area contributed by atoms with Crippen molar-refractivity contribution in [3.63, 3.8) is 0 Å². The number of hydrogen-bond donors (Lipinski definition) is 0. The van der Waals surface area contributed by atoms with Crippen LogP contribution in [0.15, 0.2) is 54.9 Å². The fourth-order valence-corrected chi connectivity index (χ4v) is 3.28. The number of hydrogen-bond acceptors (Lipinski definition) is 5. The molecule has 0 aliphatic carbocycles. The zero-order valence-corrected chi connectivity index (χ0v) is 16.3. The highest BCUT2D eigenvalue weighted by Gasteiger charge is 2.30. The van der Waals surface area contributed by atoms with Gasteiger partial charge in [-0.05, 0) is 50.3 Å². The number of rotatable bonds is 8. The Morgan fingerprint density at radius 3 is 2.44 bits per heavy atom. The van der Waals surface area contributed by atoms with Crippen molar-refractivity contribution >= 4 is 20.0 Å². The summed E-state index contributed by atoms with van der Waals surface area (Å²) in [6.45, 7) is 8.53. The average Bonchev–Trinajstić information content (AvgIpc) is 2.59. The van der Waals surface area contributed by atoms with Gasteiger partial charge >= 0.3 is 5.97 Å². The molecule has 1 aromatic carbocycles. The molecule has 0 fully saturated rings. The molecule has 5 nitrogen and oxygen atoms in total. The summed E-state index contributed by atoms with van der Waals surface area (Å²) < 4.78 is 11.5. The maximum absolute atomic E-state index is 12.2. The smallest absolute Gasteiger partial charge is 0.308 e. The molecule has 0 radical (unpaired) electrons. The van der Waals surface area contributed by atoms with Gasteiger partial charge in [-0.2, -0.15) is 0 Å². The molecule has 0 saturated heterocycles. The number of carbonyl (C=O) groups excluding carboxylic acids is 1. The Labute approximate surface area is 150 Å². The molecule has 134 valence electrons. The van der Waals surface area contributed by atoms with E-state index in [0.29, 0.717) is 6.61 Å². The predicted molar refractivity (Wildman–Crippen MR) is 102 cm³/mol. The fourth-order valence-electron chi connectivity index (χ4n) is 2.45. The van der Waals surface area contributed by atoms with E-state index in [2.05, 4.69) is 24.6 Å². The number of aromatic nitrogens is 1. The van der Waals surface area contributed by atoms with E-state index in [1.165, 1.54) is 0 Å². The molecule has 1 aromatic heterocycles. The number of para-hydroxylation sites is 1. The Hall–Kier alpha value is -2.18. The highest BCUT2D eigenvalue weighted by Crippen LogP contribution is 2.32. The van der Waals surface area contributed by atoms with Crippen molar-refractivity contribution in [1.29, 1.82) is 0 Å².